The van der Waals surface area contributed by atoms with E-state index in [1.807, 2.05) is 40.9 Å². The van der Waals surface area contributed by atoms with Gasteiger partial charge in [0.15, 0.2) is 5.96 Å². The van der Waals surface area contributed by atoms with Gasteiger partial charge in [-0.2, -0.15) is 11.8 Å². The summed E-state index contributed by atoms with van der Waals surface area (Å²) in [7, 11) is 1.78. The van der Waals surface area contributed by atoms with E-state index in [4.69, 9.17) is 0 Å². The number of nitrogens with zero attached hydrogens (tertiary/aromatic N) is 2. The van der Waals surface area contributed by atoms with Crippen LogP contribution in [-0.2, 0) is 6.54 Å². The molecule has 0 bridgehead atoms. The number of unbranched alkanes of at least 4 members (excludes halogenated alkanes) is 1. The predicted octanol–water partition coefficient (Wildman–Crippen LogP) is 3.12. The van der Waals surface area contributed by atoms with Gasteiger partial charge in [0.05, 0.1) is 0 Å². The second-order valence-corrected chi connectivity index (χ2v) is 7.36. The van der Waals surface area contributed by atoms with Crippen LogP contribution in [0.4, 0.5) is 10.5 Å². The third kappa shape index (κ3) is 7.15. The SMILES string of the molecule is CN=C(NCCCCSC)NCc1cccc(NC(=O)N2CCCC2)c1. The van der Waals surface area contributed by atoms with Crippen LogP contribution in [0, 0.1) is 0 Å². The zero-order chi connectivity index (χ0) is 18.6. The van der Waals surface area contributed by atoms with Crippen molar-refractivity contribution >= 4 is 29.4 Å². The summed E-state index contributed by atoms with van der Waals surface area (Å²) in [5, 5.41) is 9.65. The average Bonchev–Trinajstić information content (AvgIpc) is 3.19. The lowest BCUT2D eigenvalue weighted by Crippen LogP contribution is -2.37. The van der Waals surface area contributed by atoms with Gasteiger partial charge >= 0.3 is 6.03 Å². The Kier molecular flexibility index (Phi) is 9.17. The van der Waals surface area contributed by atoms with Gasteiger partial charge in [-0.05, 0) is 55.4 Å². The van der Waals surface area contributed by atoms with E-state index < -0.39 is 0 Å². The molecule has 3 N–H and O–H groups in total. The maximum atomic E-state index is 12.2. The second kappa shape index (κ2) is 11.7. The molecule has 6 nitrogen and oxygen atoms in total. The lowest BCUT2D eigenvalue weighted by atomic mass is 10.2. The van der Waals surface area contributed by atoms with Crippen molar-refractivity contribution in [1.82, 2.24) is 15.5 Å². The van der Waals surface area contributed by atoms with Crippen molar-refractivity contribution in [3.63, 3.8) is 0 Å². The number of thioether (sulfide) groups is 1. The van der Waals surface area contributed by atoms with Crippen molar-refractivity contribution < 1.29 is 4.79 Å². The third-order valence-electron chi connectivity index (χ3n) is 4.32. The van der Waals surface area contributed by atoms with Crippen LogP contribution >= 0.6 is 11.8 Å². The van der Waals surface area contributed by atoms with Crippen molar-refractivity contribution in [2.24, 2.45) is 4.99 Å². The van der Waals surface area contributed by atoms with Crippen LogP contribution in [0.25, 0.3) is 0 Å². The number of guanidine groups is 1. The maximum absolute atomic E-state index is 12.2. The minimum absolute atomic E-state index is 0.00433. The van der Waals surface area contributed by atoms with Crippen molar-refractivity contribution in [1.29, 1.82) is 0 Å². The Morgan fingerprint density at radius 1 is 1.23 bits per heavy atom. The molecule has 0 aliphatic carbocycles. The first-order valence-electron chi connectivity index (χ1n) is 9.31. The number of hydrogen-bond acceptors (Lipinski definition) is 3. The molecule has 26 heavy (non-hydrogen) atoms. The molecule has 7 heteroatoms. The Morgan fingerprint density at radius 3 is 2.77 bits per heavy atom. The Bertz CT molecular complexity index is 587. The molecular weight excluding hydrogens is 346 g/mol. The maximum Gasteiger partial charge on any atom is 0.321 e. The van der Waals surface area contributed by atoms with Crippen LogP contribution in [0.2, 0.25) is 0 Å². The summed E-state index contributed by atoms with van der Waals surface area (Å²) in [6.45, 7) is 3.29. The van der Waals surface area contributed by atoms with Crippen LogP contribution < -0.4 is 16.0 Å². The standard InChI is InChI=1S/C19H31N5OS/c1-20-18(21-10-3-6-13-26-2)22-15-16-8-7-9-17(14-16)23-19(25)24-11-4-5-12-24/h7-9,14H,3-6,10-13,15H2,1-2H3,(H,23,25)(H2,20,21,22). The van der Waals surface area contributed by atoms with Crippen molar-refractivity contribution in [2.75, 3.05) is 44.0 Å². The highest BCUT2D eigenvalue weighted by atomic mass is 32.2. The zero-order valence-corrected chi connectivity index (χ0v) is 16.7. The summed E-state index contributed by atoms with van der Waals surface area (Å²) in [5.74, 6) is 2.00. The van der Waals surface area contributed by atoms with Gasteiger partial charge in [-0.25, -0.2) is 4.79 Å². The molecule has 2 amide bonds. The number of aliphatic imine (C=N–C) groups is 1. The Balaban J connectivity index is 1.77. The smallest absolute Gasteiger partial charge is 0.321 e. The first kappa shape index (κ1) is 20.4. The van der Waals surface area contributed by atoms with E-state index in [1.54, 1.807) is 7.05 Å². The molecule has 0 aromatic heterocycles. The quantitative estimate of drug-likeness (QED) is 0.370. The number of amides is 2. The highest BCUT2D eigenvalue weighted by Gasteiger charge is 2.17. The van der Waals surface area contributed by atoms with Crippen molar-refractivity contribution in [3.05, 3.63) is 29.8 Å². The fourth-order valence-electron chi connectivity index (χ4n) is 2.87. The number of carbonyl (C=O) groups excluding carboxylic acids is 1. The van der Waals surface area contributed by atoms with Crippen molar-refractivity contribution in [2.45, 2.75) is 32.2 Å². The van der Waals surface area contributed by atoms with E-state index in [0.29, 0.717) is 6.54 Å². The van der Waals surface area contributed by atoms with Gasteiger partial charge in [0.25, 0.3) is 0 Å². The number of rotatable bonds is 8. The summed E-state index contributed by atoms with van der Waals surface area (Å²) >= 11 is 1.88. The number of benzene rings is 1. The van der Waals surface area contributed by atoms with E-state index in [1.165, 1.54) is 12.2 Å². The van der Waals surface area contributed by atoms with Crippen LogP contribution in [0.5, 0.6) is 0 Å². The van der Waals surface area contributed by atoms with E-state index in [0.717, 1.165) is 56.1 Å². The van der Waals surface area contributed by atoms with Crippen molar-refractivity contribution in [3.8, 4) is 0 Å². The first-order valence-corrected chi connectivity index (χ1v) is 10.7. The number of nitrogens with one attached hydrogen (secondary N) is 3. The van der Waals surface area contributed by atoms with E-state index >= 15 is 0 Å². The van der Waals surface area contributed by atoms with Crippen LogP contribution in [0.15, 0.2) is 29.3 Å². The summed E-state index contributed by atoms with van der Waals surface area (Å²) in [6.07, 6.45) is 6.68. The summed E-state index contributed by atoms with van der Waals surface area (Å²) in [4.78, 5) is 18.3. The molecule has 1 aliphatic heterocycles. The van der Waals surface area contributed by atoms with E-state index in [9.17, 15) is 4.79 Å². The van der Waals surface area contributed by atoms with Gasteiger partial charge in [0.2, 0.25) is 0 Å². The minimum atomic E-state index is -0.00433. The molecular formula is C19H31N5OS. The molecule has 1 aromatic rings. The van der Waals surface area contributed by atoms with Gasteiger partial charge in [-0.1, -0.05) is 12.1 Å². The molecule has 1 aromatic carbocycles. The topological polar surface area (TPSA) is 68.8 Å². The molecule has 0 spiro atoms. The first-order chi connectivity index (χ1) is 12.7. The van der Waals surface area contributed by atoms with Gasteiger partial charge < -0.3 is 20.9 Å². The summed E-state index contributed by atoms with van der Waals surface area (Å²) in [5.41, 5.74) is 1.94. The van der Waals surface area contributed by atoms with Crippen LogP contribution in [0.3, 0.4) is 0 Å². The lowest BCUT2D eigenvalue weighted by Gasteiger charge is -2.17. The molecule has 144 valence electrons. The molecule has 1 saturated heterocycles. The van der Waals surface area contributed by atoms with Gasteiger partial charge in [0.1, 0.15) is 0 Å². The number of anilines is 1. The number of urea groups is 1. The predicted molar refractivity (Wildman–Crippen MR) is 112 cm³/mol. The molecule has 1 aliphatic rings. The van der Waals surface area contributed by atoms with Crippen LogP contribution in [-0.4, -0.2) is 55.6 Å². The highest BCUT2D eigenvalue weighted by Crippen LogP contribution is 2.14. The summed E-state index contributed by atoms with van der Waals surface area (Å²) < 4.78 is 0. The fraction of sp³-hybridized carbons (Fsp3) is 0.579. The number of carbonyl (C=O) groups is 1. The molecule has 0 atom stereocenters. The molecule has 1 heterocycles. The normalized spacial score (nSPS) is 14.4. The average molecular weight is 378 g/mol. The third-order valence-corrected chi connectivity index (χ3v) is 5.02. The Hall–Kier alpha value is -1.89. The van der Waals surface area contributed by atoms with Crippen LogP contribution in [0.1, 0.15) is 31.2 Å². The Morgan fingerprint density at radius 2 is 2.04 bits per heavy atom. The number of hydrogen-bond donors (Lipinski definition) is 3. The van der Waals surface area contributed by atoms with Gasteiger partial charge in [-0.3, -0.25) is 4.99 Å². The molecule has 0 saturated carbocycles. The zero-order valence-electron chi connectivity index (χ0n) is 15.9. The molecule has 0 radical (unpaired) electrons. The monoisotopic (exact) mass is 377 g/mol. The fourth-order valence-corrected chi connectivity index (χ4v) is 3.36. The minimum Gasteiger partial charge on any atom is -0.356 e. The lowest BCUT2D eigenvalue weighted by molar-refractivity contribution is 0.222. The second-order valence-electron chi connectivity index (χ2n) is 6.38. The summed E-state index contributed by atoms with van der Waals surface area (Å²) in [6, 6.07) is 7.94. The largest absolute Gasteiger partial charge is 0.356 e. The van der Waals surface area contributed by atoms with E-state index in [2.05, 4.69) is 27.2 Å². The Labute approximate surface area is 161 Å². The van der Waals surface area contributed by atoms with Gasteiger partial charge in [-0.15, -0.1) is 0 Å². The van der Waals surface area contributed by atoms with E-state index in [-0.39, 0.29) is 6.03 Å². The number of likely N-dealkylation sites (tertiary alicyclic amines) is 1. The molecule has 2 rings (SSSR count). The highest BCUT2D eigenvalue weighted by molar-refractivity contribution is 7.98. The van der Waals surface area contributed by atoms with Gasteiger partial charge in [0, 0.05) is 38.9 Å². The molecule has 1 fully saturated rings. The molecule has 0 unspecified atom stereocenters.